The van der Waals surface area contributed by atoms with Gasteiger partial charge in [-0.15, -0.1) is 12.4 Å². The molecule has 0 bridgehead atoms. The summed E-state index contributed by atoms with van der Waals surface area (Å²) in [6.07, 6.45) is 1.70. The molecule has 1 aromatic carbocycles. The van der Waals surface area contributed by atoms with Crippen LogP contribution in [0.3, 0.4) is 0 Å². The van der Waals surface area contributed by atoms with E-state index in [1.54, 1.807) is 28.3 Å². The van der Waals surface area contributed by atoms with Crippen molar-refractivity contribution in [3.8, 4) is 0 Å². The summed E-state index contributed by atoms with van der Waals surface area (Å²) in [4.78, 5) is 22.6. The number of likely N-dealkylation sites (N-methyl/N-ethyl adjacent to an activating group) is 1. The minimum atomic E-state index is -0.0446. The van der Waals surface area contributed by atoms with E-state index in [2.05, 4.69) is 49.8 Å². The number of hydrogen-bond acceptors (Lipinski definition) is 5. The van der Waals surface area contributed by atoms with Crippen LogP contribution in [0.1, 0.15) is 55.4 Å². The van der Waals surface area contributed by atoms with Gasteiger partial charge in [-0.25, -0.2) is 4.98 Å². The zero-order chi connectivity index (χ0) is 21.1. The van der Waals surface area contributed by atoms with Crippen LogP contribution < -0.4 is 4.90 Å². The Labute approximate surface area is 189 Å². The Morgan fingerprint density at radius 1 is 1.17 bits per heavy atom. The number of anilines is 1. The summed E-state index contributed by atoms with van der Waals surface area (Å²) < 4.78 is 2.93. The lowest BCUT2D eigenvalue weighted by molar-refractivity contribution is 0.0971. The van der Waals surface area contributed by atoms with Gasteiger partial charge >= 0.3 is 0 Å². The largest absolute Gasteiger partial charge is 0.302 e. The number of amides is 1. The molecule has 8 heteroatoms. The summed E-state index contributed by atoms with van der Waals surface area (Å²) in [5, 5.41) is 5.10. The van der Waals surface area contributed by atoms with E-state index in [9.17, 15) is 4.79 Å². The van der Waals surface area contributed by atoms with E-state index >= 15 is 0 Å². The van der Waals surface area contributed by atoms with Gasteiger partial charge in [-0.05, 0) is 64.0 Å². The summed E-state index contributed by atoms with van der Waals surface area (Å²) in [6, 6.07) is 6.18. The molecular formula is C22H32ClN5OS. The molecule has 0 aliphatic heterocycles. The molecule has 3 aromatic rings. The number of carbonyl (C=O) groups excluding carboxylic acids is 1. The van der Waals surface area contributed by atoms with Crippen molar-refractivity contribution in [3.63, 3.8) is 0 Å². The Kier molecular flexibility index (Phi) is 8.41. The summed E-state index contributed by atoms with van der Waals surface area (Å²) in [5.74, 6) is -0.0446. The Morgan fingerprint density at radius 2 is 1.87 bits per heavy atom. The highest BCUT2D eigenvalue weighted by Crippen LogP contribution is 2.33. The van der Waals surface area contributed by atoms with Crippen molar-refractivity contribution in [2.45, 2.75) is 47.6 Å². The van der Waals surface area contributed by atoms with Crippen LogP contribution in [0.4, 0.5) is 5.13 Å². The molecule has 2 heterocycles. The molecule has 0 saturated heterocycles. The number of halogens is 1. The predicted octanol–water partition coefficient (Wildman–Crippen LogP) is 5.10. The van der Waals surface area contributed by atoms with Crippen molar-refractivity contribution < 1.29 is 4.79 Å². The first-order valence-electron chi connectivity index (χ1n) is 10.3. The van der Waals surface area contributed by atoms with Crippen LogP contribution in [0.2, 0.25) is 0 Å². The van der Waals surface area contributed by atoms with Crippen LogP contribution in [-0.2, 0) is 0 Å². The Hall–Kier alpha value is -1.96. The predicted molar refractivity (Wildman–Crippen MR) is 128 cm³/mol. The molecule has 0 saturated carbocycles. The topological polar surface area (TPSA) is 54.3 Å². The van der Waals surface area contributed by atoms with Gasteiger partial charge in [-0.3, -0.25) is 14.4 Å². The number of aromatic nitrogens is 3. The van der Waals surface area contributed by atoms with Crippen molar-refractivity contribution in [2.75, 3.05) is 31.1 Å². The van der Waals surface area contributed by atoms with Gasteiger partial charge in [0.15, 0.2) is 5.13 Å². The maximum atomic E-state index is 13.6. The first-order chi connectivity index (χ1) is 13.8. The summed E-state index contributed by atoms with van der Waals surface area (Å²) >= 11 is 1.59. The molecule has 0 aliphatic rings. The Morgan fingerprint density at radius 3 is 2.50 bits per heavy atom. The average Bonchev–Trinajstić information content (AvgIpc) is 3.32. The van der Waals surface area contributed by atoms with E-state index in [1.165, 1.54) is 11.1 Å². The van der Waals surface area contributed by atoms with Crippen molar-refractivity contribution in [3.05, 3.63) is 41.2 Å². The van der Waals surface area contributed by atoms with Crippen molar-refractivity contribution >= 4 is 45.0 Å². The van der Waals surface area contributed by atoms with Crippen LogP contribution in [0.15, 0.2) is 24.4 Å². The van der Waals surface area contributed by atoms with Crippen LogP contribution in [0.25, 0.3) is 10.2 Å². The molecule has 0 fully saturated rings. The number of hydrogen-bond donors (Lipinski definition) is 0. The highest BCUT2D eigenvalue weighted by molar-refractivity contribution is 7.22. The van der Waals surface area contributed by atoms with Crippen molar-refractivity contribution in [2.24, 2.45) is 0 Å². The average molecular weight is 450 g/mol. The number of carbonyl (C=O) groups is 1. The van der Waals surface area contributed by atoms with E-state index in [4.69, 9.17) is 4.98 Å². The molecule has 0 unspecified atom stereocenters. The molecule has 3 rings (SSSR count). The fourth-order valence-corrected chi connectivity index (χ4v) is 4.62. The van der Waals surface area contributed by atoms with Gasteiger partial charge in [0.2, 0.25) is 0 Å². The molecule has 0 N–H and O–H groups in total. The summed E-state index contributed by atoms with van der Waals surface area (Å²) in [7, 11) is 0. The minimum Gasteiger partial charge on any atom is -0.302 e. The molecule has 1 amide bonds. The molecule has 0 radical (unpaired) electrons. The monoisotopic (exact) mass is 449 g/mol. The van der Waals surface area contributed by atoms with Gasteiger partial charge in [0, 0.05) is 25.3 Å². The van der Waals surface area contributed by atoms with Gasteiger partial charge < -0.3 is 4.90 Å². The highest BCUT2D eigenvalue weighted by atomic mass is 35.5. The molecular weight excluding hydrogens is 418 g/mol. The fraction of sp³-hybridized carbons (Fsp3) is 0.500. The van der Waals surface area contributed by atoms with Crippen LogP contribution >= 0.6 is 23.7 Å². The lowest BCUT2D eigenvalue weighted by Crippen LogP contribution is -2.39. The molecule has 2 aromatic heterocycles. The molecule has 30 heavy (non-hydrogen) atoms. The number of thiazole rings is 1. The standard InChI is InChI=1S/C22H31N5OS.ClH/c1-7-25(8-2)11-12-26(21(28)19-9-10-23-27(19)15(3)4)22-24-18-14-16(5)13-17(6)20(18)29-22;/h9-10,13-15H,7-8,11-12H2,1-6H3;1H. The fourth-order valence-electron chi connectivity index (χ4n) is 3.58. The van der Waals surface area contributed by atoms with Crippen molar-refractivity contribution in [1.82, 2.24) is 19.7 Å². The number of aryl methyl sites for hydroxylation is 2. The maximum Gasteiger partial charge on any atom is 0.278 e. The van der Waals surface area contributed by atoms with E-state index < -0.39 is 0 Å². The number of fused-ring (bicyclic) bond motifs is 1. The maximum absolute atomic E-state index is 13.6. The highest BCUT2D eigenvalue weighted by Gasteiger charge is 2.25. The second kappa shape index (κ2) is 10.4. The van der Waals surface area contributed by atoms with Gasteiger partial charge in [0.05, 0.1) is 10.2 Å². The SMILES string of the molecule is CCN(CC)CCN(C(=O)c1ccnn1C(C)C)c1nc2cc(C)cc(C)c2s1.Cl. The molecule has 164 valence electrons. The molecule has 6 nitrogen and oxygen atoms in total. The lowest BCUT2D eigenvalue weighted by atomic mass is 10.1. The van der Waals surface area contributed by atoms with E-state index in [0.29, 0.717) is 12.2 Å². The molecule has 0 atom stereocenters. The van der Waals surface area contributed by atoms with E-state index in [1.807, 2.05) is 18.7 Å². The third kappa shape index (κ3) is 5.02. The second-order valence-corrected chi connectivity index (χ2v) is 8.64. The number of benzene rings is 1. The Bertz CT molecular complexity index is 993. The van der Waals surface area contributed by atoms with E-state index in [0.717, 1.165) is 35.0 Å². The van der Waals surface area contributed by atoms with Crippen LogP contribution in [-0.4, -0.2) is 51.8 Å². The van der Waals surface area contributed by atoms with Gasteiger partial charge in [-0.2, -0.15) is 5.10 Å². The zero-order valence-electron chi connectivity index (χ0n) is 18.7. The van der Waals surface area contributed by atoms with Crippen LogP contribution in [0.5, 0.6) is 0 Å². The first-order valence-corrected chi connectivity index (χ1v) is 11.1. The zero-order valence-corrected chi connectivity index (χ0v) is 20.3. The van der Waals surface area contributed by atoms with Crippen LogP contribution in [0, 0.1) is 13.8 Å². The van der Waals surface area contributed by atoms with Gasteiger partial charge in [-0.1, -0.05) is 31.3 Å². The third-order valence-corrected chi connectivity index (χ3v) is 6.43. The number of nitrogens with zero attached hydrogens (tertiary/aromatic N) is 5. The summed E-state index contributed by atoms with van der Waals surface area (Å²) in [5.41, 5.74) is 3.95. The minimum absolute atomic E-state index is 0. The first kappa shape index (κ1) is 24.3. The second-order valence-electron chi connectivity index (χ2n) is 7.66. The smallest absolute Gasteiger partial charge is 0.278 e. The van der Waals surface area contributed by atoms with Gasteiger partial charge in [0.1, 0.15) is 5.69 Å². The van der Waals surface area contributed by atoms with E-state index in [-0.39, 0.29) is 24.4 Å². The third-order valence-electron chi connectivity index (χ3n) is 5.20. The normalized spacial score (nSPS) is 11.3. The van der Waals surface area contributed by atoms with Crippen molar-refractivity contribution in [1.29, 1.82) is 0 Å². The van der Waals surface area contributed by atoms with Gasteiger partial charge in [0.25, 0.3) is 5.91 Å². The summed E-state index contributed by atoms with van der Waals surface area (Å²) in [6.45, 7) is 15.9. The number of rotatable bonds is 8. The molecule has 0 aliphatic carbocycles. The molecule has 0 spiro atoms. The quantitative estimate of drug-likeness (QED) is 0.480. The lowest BCUT2D eigenvalue weighted by Gasteiger charge is -2.25. The Balaban J connectivity index is 0.00000320.